The summed E-state index contributed by atoms with van der Waals surface area (Å²) in [7, 11) is 0. The number of nitrogens with two attached hydrogens (primary N) is 2. The molecule has 0 bridgehead atoms. The van der Waals surface area contributed by atoms with Gasteiger partial charge in [0, 0.05) is 13.1 Å². The third-order valence-corrected chi connectivity index (χ3v) is 2.57. The van der Waals surface area contributed by atoms with Crippen molar-refractivity contribution in [3.05, 3.63) is 23.5 Å². The predicted molar refractivity (Wildman–Crippen MR) is 79.3 cm³/mol. The molecular weight excluding hydrogens is 284 g/mol. The second-order valence-electron chi connectivity index (χ2n) is 4.06. The average molecular weight is 296 g/mol. The summed E-state index contributed by atoms with van der Waals surface area (Å²) in [5, 5.41) is 23.3. The Hall–Kier alpha value is -3.66. The van der Waals surface area contributed by atoms with Crippen LogP contribution < -0.4 is 22.1 Å². The first-order valence-electron chi connectivity index (χ1n) is 6.17. The van der Waals surface area contributed by atoms with Crippen molar-refractivity contribution in [1.29, 1.82) is 10.5 Å². The highest BCUT2D eigenvalue weighted by Gasteiger charge is 2.04. The van der Waals surface area contributed by atoms with Gasteiger partial charge in [0.2, 0.25) is 11.9 Å². The Morgan fingerprint density at radius 3 is 1.59 bits per heavy atom. The van der Waals surface area contributed by atoms with Crippen LogP contribution in [0.2, 0.25) is 0 Å². The van der Waals surface area contributed by atoms with Gasteiger partial charge in [-0.2, -0.15) is 20.5 Å². The topological polar surface area (TPSA) is 175 Å². The summed E-state index contributed by atoms with van der Waals surface area (Å²) in [5.74, 6) is 0.879. The third-order valence-electron chi connectivity index (χ3n) is 2.57. The Kier molecular flexibility index (Phi) is 4.47. The summed E-state index contributed by atoms with van der Waals surface area (Å²) >= 11 is 0. The van der Waals surface area contributed by atoms with Gasteiger partial charge in [-0.05, 0) is 0 Å². The van der Waals surface area contributed by atoms with E-state index in [1.807, 2.05) is 12.1 Å². The van der Waals surface area contributed by atoms with E-state index < -0.39 is 0 Å². The molecule has 0 saturated carbocycles. The van der Waals surface area contributed by atoms with Gasteiger partial charge in [-0.15, -0.1) is 0 Å². The molecule has 0 radical (unpaired) electrons. The molecule has 0 aliphatic carbocycles. The molecule has 10 heteroatoms. The van der Waals surface area contributed by atoms with E-state index in [9.17, 15) is 0 Å². The lowest BCUT2D eigenvalue weighted by molar-refractivity contribution is 0.998. The summed E-state index contributed by atoms with van der Waals surface area (Å²) in [6, 6.07) is 3.77. The van der Waals surface area contributed by atoms with Crippen LogP contribution >= 0.6 is 0 Å². The molecule has 2 aromatic heterocycles. The number of nitrogens with zero attached hydrogens (tertiary/aromatic N) is 6. The number of anilines is 4. The molecule has 2 rings (SSSR count). The first-order chi connectivity index (χ1) is 10.6. The van der Waals surface area contributed by atoms with E-state index in [4.69, 9.17) is 22.0 Å². The summed E-state index contributed by atoms with van der Waals surface area (Å²) < 4.78 is 0. The minimum Gasteiger partial charge on any atom is -0.382 e. The number of nitrogen functional groups attached to an aromatic ring is 2. The fourth-order valence-corrected chi connectivity index (χ4v) is 1.48. The van der Waals surface area contributed by atoms with Crippen molar-refractivity contribution in [2.24, 2.45) is 0 Å². The third kappa shape index (κ3) is 3.46. The largest absolute Gasteiger partial charge is 0.382 e. The molecule has 110 valence electrons. The summed E-state index contributed by atoms with van der Waals surface area (Å²) in [6.07, 6.45) is 2.70. The van der Waals surface area contributed by atoms with E-state index in [2.05, 4.69) is 30.6 Å². The first-order valence-corrected chi connectivity index (χ1v) is 6.17. The van der Waals surface area contributed by atoms with E-state index in [1.54, 1.807) is 0 Å². The summed E-state index contributed by atoms with van der Waals surface area (Å²) in [5.41, 5.74) is 11.6. The van der Waals surface area contributed by atoms with Gasteiger partial charge in [-0.25, -0.2) is 9.97 Å². The number of rotatable bonds is 5. The quantitative estimate of drug-likeness (QED) is 0.535. The molecule has 6 N–H and O–H groups in total. The van der Waals surface area contributed by atoms with Gasteiger partial charge in [0.05, 0.1) is 12.4 Å². The molecular formula is C12H12N10. The van der Waals surface area contributed by atoms with Crippen LogP contribution in [0.3, 0.4) is 0 Å². The van der Waals surface area contributed by atoms with Gasteiger partial charge < -0.3 is 22.1 Å². The summed E-state index contributed by atoms with van der Waals surface area (Å²) in [6.45, 7) is 0.934. The van der Waals surface area contributed by atoms with Crippen LogP contribution in [0.1, 0.15) is 11.1 Å². The zero-order valence-electron chi connectivity index (χ0n) is 11.4. The standard InChI is InChI=1S/C12H12N10/c13-3-7-5-19-11(21-9(7)15)17-1-2-18-12-20-6-8(4-14)10(16)22-12/h5-6H,1-2H2,(H3,15,17,19,21)(H3,16,18,20,22). The smallest absolute Gasteiger partial charge is 0.224 e. The molecule has 0 aliphatic heterocycles. The SMILES string of the molecule is N#Cc1cnc(NCCNc2ncc(C#N)c(N)n2)nc1N. The highest BCUT2D eigenvalue weighted by molar-refractivity contribution is 5.50. The molecule has 0 unspecified atom stereocenters. The molecule has 2 aromatic rings. The van der Waals surface area contributed by atoms with Crippen molar-refractivity contribution in [1.82, 2.24) is 19.9 Å². The average Bonchev–Trinajstić information content (AvgIpc) is 2.52. The highest BCUT2D eigenvalue weighted by atomic mass is 15.2. The molecule has 10 nitrogen and oxygen atoms in total. The number of nitriles is 2. The maximum absolute atomic E-state index is 8.72. The van der Waals surface area contributed by atoms with Gasteiger partial charge in [0.1, 0.15) is 34.9 Å². The minimum atomic E-state index is 0.121. The molecule has 2 heterocycles. The Labute approximate surface area is 125 Å². The number of hydrogen-bond donors (Lipinski definition) is 4. The van der Waals surface area contributed by atoms with Crippen LogP contribution in [0.5, 0.6) is 0 Å². The molecule has 0 saturated heterocycles. The van der Waals surface area contributed by atoms with E-state index in [1.165, 1.54) is 12.4 Å². The Bertz CT molecular complexity index is 692. The molecule has 0 fully saturated rings. The molecule has 0 atom stereocenters. The Balaban J connectivity index is 1.85. The normalized spacial score (nSPS) is 9.55. The van der Waals surface area contributed by atoms with Gasteiger partial charge in [0.15, 0.2) is 0 Å². The van der Waals surface area contributed by atoms with Crippen molar-refractivity contribution in [2.45, 2.75) is 0 Å². The lowest BCUT2D eigenvalue weighted by Gasteiger charge is -2.07. The summed E-state index contributed by atoms with van der Waals surface area (Å²) in [4.78, 5) is 15.8. The number of hydrogen-bond acceptors (Lipinski definition) is 10. The van der Waals surface area contributed by atoms with Crippen LogP contribution in [0, 0.1) is 22.7 Å². The molecule has 0 aromatic carbocycles. The zero-order valence-corrected chi connectivity index (χ0v) is 11.4. The van der Waals surface area contributed by atoms with Gasteiger partial charge in [0.25, 0.3) is 0 Å². The van der Waals surface area contributed by atoms with Crippen molar-refractivity contribution in [3.63, 3.8) is 0 Å². The highest BCUT2D eigenvalue weighted by Crippen LogP contribution is 2.09. The van der Waals surface area contributed by atoms with Crippen LogP contribution in [0.25, 0.3) is 0 Å². The Morgan fingerprint density at radius 2 is 1.27 bits per heavy atom. The maximum atomic E-state index is 8.72. The lowest BCUT2D eigenvalue weighted by Crippen LogP contribution is -2.17. The molecule has 0 spiro atoms. The van der Waals surface area contributed by atoms with E-state index in [0.717, 1.165) is 0 Å². The van der Waals surface area contributed by atoms with E-state index in [-0.39, 0.29) is 22.8 Å². The van der Waals surface area contributed by atoms with E-state index in [0.29, 0.717) is 25.0 Å². The molecule has 0 aliphatic rings. The number of aromatic nitrogens is 4. The maximum Gasteiger partial charge on any atom is 0.224 e. The molecule has 22 heavy (non-hydrogen) atoms. The van der Waals surface area contributed by atoms with Gasteiger partial charge in [-0.3, -0.25) is 0 Å². The predicted octanol–water partition coefficient (Wildman–Crippen LogP) is -0.302. The van der Waals surface area contributed by atoms with Crippen LogP contribution in [0.4, 0.5) is 23.5 Å². The second-order valence-corrected chi connectivity index (χ2v) is 4.06. The van der Waals surface area contributed by atoms with Crippen molar-refractivity contribution in [3.8, 4) is 12.1 Å². The minimum absolute atomic E-state index is 0.121. The van der Waals surface area contributed by atoms with Crippen LogP contribution in [0.15, 0.2) is 12.4 Å². The van der Waals surface area contributed by atoms with Crippen LogP contribution in [-0.2, 0) is 0 Å². The van der Waals surface area contributed by atoms with Crippen LogP contribution in [-0.4, -0.2) is 33.0 Å². The van der Waals surface area contributed by atoms with Gasteiger partial charge >= 0.3 is 0 Å². The van der Waals surface area contributed by atoms with Crippen molar-refractivity contribution >= 4 is 23.5 Å². The van der Waals surface area contributed by atoms with Crippen molar-refractivity contribution in [2.75, 3.05) is 35.2 Å². The van der Waals surface area contributed by atoms with Gasteiger partial charge in [-0.1, -0.05) is 0 Å². The monoisotopic (exact) mass is 296 g/mol. The van der Waals surface area contributed by atoms with E-state index >= 15 is 0 Å². The fraction of sp³-hybridized carbons (Fsp3) is 0.167. The first kappa shape index (κ1) is 14.7. The lowest BCUT2D eigenvalue weighted by atomic mass is 10.3. The molecule has 0 amide bonds. The second kappa shape index (κ2) is 6.67. The van der Waals surface area contributed by atoms with Crippen molar-refractivity contribution < 1.29 is 0 Å². The Morgan fingerprint density at radius 1 is 0.864 bits per heavy atom. The fourth-order valence-electron chi connectivity index (χ4n) is 1.48. The number of nitrogens with one attached hydrogen (secondary N) is 2. The zero-order chi connectivity index (χ0) is 15.9.